The van der Waals surface area contributed by atoms with Gasteiger partial charge in [-0.3, -0.25) is 19.4 Å². The Morgan fingerprint density at radius 3 is 2.45 bits per heavy atom. The molecule has 4 rings (SSSR count). The molecule has 0 N–H and O–H groups in total. The first-order valence-corrected chi connectivity index (χ1v) is 10.3. The standard InChI is InChI=1S/C25H25N3O3/c1-31-21-12-10-20(11-13-21)16-28(24-9-5-6-14-26-24)25(30)22-17-27(18-23(22)29)15-19-7-3-2-4-8-19/h2-14,22H,15-18H2,1H3/t22-/m0/s1. The highest BCUT2D eigenvalue weighted by atomic mass is 16.5. The van der Waals surface area contributed by atoms with Gasteiger partial charge in [-0.15, -0.1) is 0 Å². The van der Waals surface area contributed by atoms with Crippen molar-refractivity contribution in [1.82, 2.24) is 9.88 Å². The molecule has 6 heteroatoms. The summed E-state index contributed by atoms with van der Waals surface area (Å²) in [4.78, 5) is 34.3. The molecule has 6 nitrogen and oxygen atoms in total. The van der Waals surface area contributed by atoms with Crippen LogP contribution in [0.25, 0.3) is 0 Å². The lowest BCUT2D eigenvalue weighted by molar-refractivity contribution is -0.129. The molecule has 1 fully saturated rings. The molecule has 2 aromatic carbocycles. The van der Waals surface area contributed by atoms with Crippen molar-refractivity contribution >= 4 is 17.5 Å². The fourth-order valence-corrected chi connectivity index (χ4v) is 3.82. The van der Waals surface area contributed by atoms with E-state index in [0.717, 1.165) is 16.9 Å². The molecule has 1 aliphatic rings. The van der Waals surface area contributed by atoms with Crippen molar-refractivity contribution in [1.29, 1.82) is 0 Å². The SMILES string of the molecule is COc1ccc(CN(C(=O)[C@H]2CN(Cc3ccccc3)CC2=O)c2ccccn2)cc1. The number of nitrogens with zero attached hydrogens (tertiary/aromatic N) is 3. The van der Waals surface area contributed by atoms with Crippen molar-refractivity contribution in [3.8, 4) is 5.75 Å². The maximum atomic E-state index is 13.5. The number of pyridine rings is 1. The van der Waals surface area contributed by atoms with Crippen LogP contribution in [0.1, 0.15) is 11.1 Å². The minimum atomic E-state index is -0.691. The number of ketones is 1. The maximum Gasteiger partial charge on any atom is 0.240 e. The molecule has 2 heterocycles. The summed E-state index contributed by atoms with van der Waals surface area (Å²) >= 11 is 0. The summed E-state index contributed by atoms with van der Waals surface area (Å²) in [7, 11) is 1.62. The first-order chi connectivity index (χ1) is 15.1. The maximum absolute atomic E-state index is 13.5. The van der Waals surface area contributed by atoms with E-state index in [1.54, 1.807) is 24.3 Å². The molecule has 1 aromatic heterocycles. The molecule has 0 bridgehead atoms. The highest BCUT2D eigenvalue weighted by Gasteiger charge is 2.39. The van der Waals surface area contributed by atoms with Crippen LogP contribution in [0.5, 0.6) is 5.75 Å². The molecule has 158 valence electrons. The van der Waals surface area contributed by atoms with Gasteiger partial charge in [-0.05, 0) is 35.4 Å². The van der Waals surface area contributed by atoms with Crippen molar-refractivity contribution in [2.75, 3.05) is 25.1 Å². The van der Waals surface area contributed by atoms with E-state index in [-0.39, 0.29) is 18.2 Å². The van der Waals surface area contributed by atoms with Crippen LogP contribution in [0.15, 0.2) is 79.0 Å². The summed E-state index contributed by atoms with van der Waals surface area (Å²) in [5.74, 6) is 0.343. The van der Waals surface area contributed by atoms with E-state index in [9.17, 15) is 9.59 Å². The Hall–Kier alpha value is -3.51. The third-order valence-electron chi connectivity index (χ3n) is 5.45. The Labute approximate surface area is 182 Å². The van der Waals surface area contributed by atoms with Crippen molar-refractivity contribution < 1.29 is 14.3 Å². The highest BCUT2D eigenvalue weighted by Crippen LogP contribution is 2.23. The predicted octanol–water partition coefficient (Wildman–Crippen LogP) is 3.32. The molecule has 1 atom stereocenters. The summed E-state index contributed by atoms with van der Waals surface area (Å²) in [5, 5.41) is 0. The molecule has 0 spiro atoms. The van der Waals surface area contributed by atoms with E-state index < -0.39 is 5.92 Å². The number of hydrogen-bond donors (Lipinski definition) is 0. The summed E-state index contributed by atoms with van der Waals surface area (Å²) in [6.07, 6.45) is 1.65. The number of anilines is 1. The van der Waals surface area contributed by atoms with Crippen molar-refractivity contribution in [2.45, 2.75) is 13.1 Å². The quantitative estimate of drug-likeness (QED) is 0.554. The Morgan fingerprint density at radius 2 is 1.77 bits per heavy atom. The Balaban J connectivity index is 1.53. The summed E-state index contributed by atoms with van der Waals surface area (Å²) in [6, 6.07) is 23.0. The molecule has 0 saturated carbocycles. The average Bonchev–Trinajstić information content (AvgIpc) is 3.18. The monoisotopic (exact) mass is 415 g/mol. The van der Waals surface area contributed by atoms with Crippen LogP contribution >= 0.6 is 0 Å². The van der Waals surface area contributed by atoms with E-state index in [2.05, 4.69) is 4.98 Å². The number of ether oxygens (including phenoxy) is 1. The topological polar surface area (TPSA) is 62.7 Å². The molecular weight excluding hydrogens is 390 g/mol. The van der Waals surface area contributed by atoms with Gasteiger partial charge in [0, 0.05) is 19.3 Å². The smallest absolute Gasteiger partial charge is 0.240 e. The van der Waals surface area contributed by atoms with Crippen LogP contribution in [0.2, 0.25) is 0 Å². The van der Waals surface area contributed by atoms with Gasteiger partial charge in [0.1, 0.15) is 17.5 Å². The van der Waals surface area contributed by atoms with Gasteiger partial charge in [0.05, 0.1) is 20.2 Å². The van der Waals surface area contributed by atoms with E-state index in [0.29, 0.717) is 25.5 Å². The lowest BCUT2D eigenvalue weighted by Crippen LogP contribution is -2.39. The van der Waals surface area contributed by atoms with Crippen LogP contribution in [-0.4, -0.2) is 41.8 Å². The molecule has 1 amide bonds. The van der Waals surface area contributed by atoms with Gasteiger partial charge in [0.25, 0.3) is 0 Å². The van der Waals surface area contributed by atoms with Gasteiger partial charge in [-0.25, -0.2) is 4.98 Å². The Bertz CT molecular complexity index is 1020. The zero-order valence-corrected chi connectivity index (χ0v) is 17.5. The first kappa shape index (κ1) is 20.8. The third kappa shape index (κ3) is 4.98. The summed E-state index contributed by atoms with van der Waals surface area (Å²) in [6.45, 7) is 1.68. The highest BCUT2D eigenvalue weighted by molar-refractivity contribution is 6.09. The van der Waals surface area contributed by atoms with Crippen molar-refractivity contribution in [3.05, 3.63) is 90.1 Å². The minimum absolute atomic E-state index is 0.0448. The third-order valence-corrected chi connectivity index (χ3v) is 5.45. The number of likely N-dealkylation sites (tertiary alicyclic amines) is 1. The number of Topliss-reactive ketones (excluding diaryl/α,β-unsaturated/α-hetero) is 1. The average molecular weight is 415 g/mol. The second-order valence-electron chi connectivity index (χ2n) is 7.63. The molecule has 0 unspecified atom stereocenters. The fourth-order valence-electron chi connectivity index (χ4n) is 3.82. The van der Waals surface area contributed by atoms with E-state index in [1.807, 2.05) is 71.6 Å². The molecule has 31 heavy (non-hydrogen) atoms. The summed E-state index contributed by atoms with van der Waals surface area (Å²) in [5.41, 5.74) is 2.06. The molecule has 1 saturated heterocycles. The fraction of sp³-hybridized carbons (Fsp3) is 0.240. The molecule has 0 radical (unpaired) electrons. The van der Waals surface area contributed by atoms with Crippen LogP contribution in [-0.2, 0) is 22.7 Å². The second kappa shape index (κ2) is 9.53. The minimum Gasteiger partial charge on any atom is -0.497 e. The van der Waals surface area contributed by atoms with E-state index >= 15 is 0 Å². The number of methoxy groups -OCH3 is 1. The lowest BCUT2D eigenvalue weighted by Gasteiger charge is -2.24. The normalized spacial score (nSPS) is 16.3. The Kier molecular flexibility index (Phi) is 6.38. The van der Waals surface area contributed by atoms with E-state index in [1.165, 1.54) is 0 Å². The number of carbonyl (C=O) groups is 2. The van der Waals surface area contributed by atoms with Crippen LogP contribution in [0.4, 0.5) is 5.82 Å². The van der Waals surface area contributed by atoms with Gasteiger partial charge >= 0.3 is 0 Å². The number of carbonyl (C=O) groups excluding carboxylic acids is 2. The van der Waals surface area contributed by atoms with Gasteiger partial charge in [0.2, 0.25) is 5.91 Å². The van der Waals surface area contributed by atoms with Crippen molar-refractivity contribution in [2.24, 2.45) is 5.92 Å². The number of aromatic nitrogens is 1. The van der Waals surface area contributed by atoms with Gasteiger partial charge in [-0.2, -0.15) is 0 Å². The number of amides is 1. The zero-order chi connectivity index (χ0) is 21.6. The van der Waals surface area contributed by atoms with Crippen molar-refractivity contribution in [3.63, 3.8) is 0 Å². The number of benzene rings is 2. The number of hydrogen-bond acceptors (Lipinski definition) is 5. The molecule has 3 aromatic rings. The van der Waals surface area contributed by atoms with Gasteiger partial charge < -0.3 is 4.74 Å². The lowest BCUT2D eigenvalue weighted by atomic mass is 10.1. The van der Waals surface area contributed by atoms with Gasteiger partial charge in [0.15, 0.2) is 5.78 Å². The largest absolute Gasteiger partial charge is 0.497 e. The zero-order valence-electron chi connectivity index (χ0n) is 17.5. The van der Waals surface area contributed by atoms with Crippen LogP contribution in [0.3, 0.4) is 0 Å². The predicted molar refractivity (Wildman–Crippen MR) is 119 cm³/mol. The van der Waals surface area contributed by atoms with Crippen LogP contribution in [0, 0.1) is 5.92 Å². The summed E-state index contributed by atoms with van der Waals surface area (Å²) < 4.78 is 5.22. The second-order valence-corrected chi connectivity index (χ2v) is 7.63. The molecule has 1 aliphatic heterocycles. The Morgan fingerprint density at radius 1 is 1.03 bits per heavy atom. The number of rotatable bonds is 7. The molecule has 0 aliphatic carbocycles. The van der Waals surface area contributed by atoms with E-state index in [4.69, 9.17) is 4.74 Å². The first-order valence-electron chi connectivity index (χ1n) is 10.3. The van der Waals surface area contributed by atoms with Gasteiger partial charge in [-0.1, -0.05) is 48.5 Å². The van der Waals surface area contributed by atoms with Crippen LogP contribution < -0.4 is 9.64 Å². The molecular formula is C25H25N3O3.